The average Bonchev–Trinajstić information content (AvgIpc) is 2.40. The fourth-order valence-electron chi connectivity index (χ4n) is 2.68. The smallest absolute Gasteiger partial charge is 0.178 e. The molecule has 0 N–H and O–H groups in total. The third-order valence-corrected chi connectivity index (χ3v) is 3.81. The van der Waals surface area contributed by atoms with Crippen molar-refractivity contribution in [3.63, 3.8) is 0 Å². The van der Waals surface area contributed by atoms with Gasteiger partial charge in [-0.2, -0.15) is 0 Å². The van der Waals surface area contributed by atoms with Crippen LogP contribution in [0.15, 0.2) is 18.3 Å². The highest BCUT2D eigenvalue weighted by Gasteiger charge is 2.15. The van der Waals surface area contributed by atoms with Gasteiger partial charge in [-0.05, 0) is 30.9 Å². The van der Waals surface area contributed by atoms with E-state index in [0.717, 1.165) is 18.2 Å². The maximum Gasteiger partial charge on any atom is 0.178 e. The molecule has 2 rings (SSSR count). The van der Waals surface area contributed by atoms with Crippen molar-refractivity contribution in [2.24, 2.45) is 5.92 Å². The third kappa shape index (κ3) is 3.31. The predicted molar refractivity (Wildman–Crippen MR) is 74.1 cm³/mol. The summed E-state index contributed by atoms with van der Waals surface area (Å²) >= 11 is 0. The summed E-state index contributed by atoms with van der Waals surface area (Å²) in [4.78, 5) is 17.6. The van der Waals surface area contributed by atoms with E-state index >= 15 is 0 Å². The van der Waals surface area contributed by atoms with Gasteiger partial charge in [-0.25, -0.2) is 0 Å². The van der Waals surface area contributed by atoms with E-state index in [9.17, 15) is 4.79 Å². The van der Waals surface area contributed by atoms with Crippen LogP contribution < -0.4 is 4.90 Å². The van der Waals surface area contributed by atoms with Crippen molar-refractivity contribution in [3.8, 4) is 0 Å². The van der Waals surface area contributed by atoms with E-state index in [1.54, 1.807) is 13.1 Å². The van der Waals surface area contributed by atoms with Gasteiger partial charge in [-0.15, -0.1) is 0 Å². The number of hydrogen-bond donors (Lipinski definition) is 0. The van der Waals surface area contributed by atoms with Crippen molar-refractivity contribution in [2.75, 3.05) is 18.5 Å². The number of aromatic nitrogens is 1. The molecule has 1 aliphatic carbocycles. The van der Waals surface area contributed by atoms with E-state index in [1.807, 2.05) is 12.1 Å². The second-order valence-corrected chi connectivity index (χ2v) is 5.34. The molecule has 1 heterocycles. The maximum absolute atomic E-state index is 11.2. The fourth-order valence-corrected chi connectivity index (χ4v) is 2.68. The summed E-state index contributed by atoms with van der Waals surface area (Å²) in [6.45, 7) is 2.65. The Balaban J connectivity index is 1.95. The summed E-state index contributed by atoms with van der Waals surface area (Å²) in [6, 6.07) is 3.81. The number of ketones is 1. The first-order valence-electron chi connectivity index (χ1n) is 6.85. The van der Waals surface area contributed by atoms with Gasteiger partial charge in [0, 0.05) is 20.5 Å². The molecule has 0 aliphatic heterocycles. The molecule has 1 fully saturated rings. The molecule has 98 valence electrons. The van der Waals surface area contributed by atoms with Crippen LogP contribution in [0, 0.1) is 5.92 Å². The number of carbonyl (C=O) groups excluding carboxylic acids is 1. The Morgan fingerprint density at radius 3 is 2.61 bits per heavy atom. The molecule has 1 aromatic rings. The third-order valence-electron chi connectivity index (χ3n) is 3.81. The lowest BCUT2D eigenvalue weighted by Crippen LogP contribution is -2.26. The molecular formula is C15H22N2O. The molecule has 0 radical (unpaired) electrons. The highest BCUT2D eigenvalue weighted by molar-refractivity contribution is 5.92. The minimum Gasteiger partial charge on any atom is -0.373 e. The largest absolute Gasteiger partial charge is 0.373 e. The standard InChI is InChI=1S/C15H22N2O/c1-12(18)15-9-8-14(10-16-15)17(2)11-13-6-4-3-5-7-13/h8-10,13H,3-7,11H2,1-2H3. The molecule has 0 atom stereocenters. The highest BCUT2D eigenvalue weighted by atomic mass is 16.1. The average molecular weight is 246 g/mol. The number of carbonyl (C=O) groups is 1. The lowest BCUT2D eigenvalue weighted by Gasteiger charge is -2.28. The van der Waals surface area contributed by atoms with E-state index in [2.05, 4.69) is 16.9 Å². The molecule has 0 saturated heterocycles. The SMILES string of the molecule is CC(=O)c1ccc(N(C)CC2CCCCC2)cn1. The number of pyridine rings is 1. The Morgan fingerprint density at radius 2 is 2.06 bits per heavy atom. The second-order valence-electron chi connectivity index (χ2n) is 5.34. The van der Waals surface area contributed by atoms with Crippen LogP contribution in [0.3, 0.4) is 0 Å². The van der Waals surface area contributed by atoms with Gasteiger partial charge in [0.2, 0.25) is 0 Å². The number of nitrogens with zero attached hydrogens (tertiary/aromatic N) is 2. The van der Waals surface area contributed by atoms with Crippen LogP contribution in [0.25, 0.3) is 0 Å². The highest BCUT2D eigenvalue weighted by Crippen LogP contribution is 2.25. The lowest BCUT2D eigenvalue weighted by molar-refractivity contribution is 0.101. The van der Waals surface area contributed by atoms with Gasteiger partial charge in [-0.1, -0.05) is 19.3 Å². The van der Waals surface area contributed by atoms with E-state index in [1.165, 1.54) is 32.1 Å². The second kappa shape index (κ2) is 5.98. The molecule has 0 amide bonds. The van der Waals surface area contributed by atoms with E-state index in [-0.39, 0.29) is 5.78 Å². The summed E-state index contributed by atoms with van der Waals surface area (Å²) < 4.78 is 0. The van der Waals surface area contributed by atoms with Gasteiger partial charge in [0.15, 0.2) is 5.78 Å². The quantitative estimate of drug-likeness (QED) is 0.764. The summed E-state index contributed by atoms with van der Waals surface area (Å²) in [5, 5.41) is 0. The van der Waals surface area contributed by atoms with Crippen molar-refractivity contribution in [1.82, 2.24) is 4.98 Å². The maximum atomic E-state index is 11.2. The molecular weight excluding hydrogens is 224 g/mol. The van der Waals surface area contributed by atoms with Crippen LogP contribution in [-0.4, -0.2) is 24.4 Å². The zero-order valence-electron chi connectivity index (χ0n) is 11.4. The summed E-state index contributed by atoms with van der Waals surface area (Å²) in [6.07, 6.45) is 8.65. The van der Waals surface area contributed by atoms with Gasteiger partial charge < -0.3 is 4.90 Å². The molecule has 18 heavy (non-hydrogen) atoms. The molecule has 0 spiro atoms. The van der Waals surface area contributed by atoms with E-state index < -0.39 is 0 Å². The molecule has 1 aliphatic rings. The molecule has 3 heteroatoms. The Bertz CT molecular complexity index is 393. The Morgan fingerprint density at radius 1 is 1.33 bits per heavy atom. The number of hydrogen-bond acceptors (Lipinski definition) is 3. The monoisotopic (exact) mass is 246 g/mol. The normalized spacial score (nSPS) is 16.6. The van der Waals surface area contributed by atoms with Crippen LogP contribution in [0.5, 0.6) is 0 Å². The fraction of sp³-hybridized carbons (Fsp3) is 0.600. The molecule has 0 bridgehead atoms. The van der Waals surface area contributed by atoms with Crippen LogP contribution in [0.2, 0.25) is 0 Å². The van der Waals surface area contributed by atoms with Gasteiger partial charge >= 0.3 is 0 Å². The van der Waals surface area contributed by atoms with Crippen LogP contribution >= 0.6 is 0 Å². The van der Waals surface area contributed by atoms with Crippen molar-refractivity contribution >= 4 is 11.5 Å². The summed E-state index contributed by atoms with van der Waals surface area (Å²) in [7, 11) is 2.11. The molecule has 1 aromatic heterocycles. The molecule has 3 nitrogen and oxygen atoms in total. The summed E-state index contributed by atoms with van der Waals surface area (Å²) in [5.74, 6) is 0.840. The van der Waals surface area contributed by atoms with Crippen LogP contribution in [0.4, 0.5) is 5.69 Å². The molecule has 0 aromatic carbocycles. The van der Waals surface area contributed by atoms with Crippen molar-refractivity contribution in [1.29, 1.82) is 0 Å². The van der Waals surface area contributed by atoms with Crippen molar-refractivity contribution < 1.29 is 4.79 Å². The zero-order valence-corrected chi connectivity index (χ0v) is 11.4. The topological polar surface area (TPSA) is 33.2 Å². The Kier molecular flexibility index (Phi) is 4.34. The lowest BCUT2D eigenvalue weighted by atomic mass is 9.89. The molecule has 1 saturated carbocycles. The predicted octanol–water partition coefficient (Wildman–Crippen LogP) is 3.30. The number of anilines is 1. The zero-order chi connectivity index (χ0) is 13.0. The van der Waals surface area contributed by atoms with Crippen molar-refractivity contribution in [2.45, 2.75) is 39.0 Å². The summed E-state index contributed by atoms with van der Waals surface area (Å²) in [5.41, 5.74) is 1.65. The first-order chi connectivity index (χ1) is 8.66. The number of rotatable bonds is 4. The van der Waals surface area contributed by atoms with E-state index in [0.29, 0.717) is 5.69 Å². The Hall–Kier alpha value is -1.38. The number of Topliss-reactive ketones (excluding diaryl/α,β-unsaturated/α-hetero) is 1. The van der Waals surface area contributed by atoms with E-state index in [4.69, 9.17) is 0 Å². The first-order valence-corrected chi connectivity index (χ1v) is 6.85. The molecule has 0 unspecified atom stereocenters. The van der Waals surface area contributed by atoms with Gasteiger partial charge in [0.25, 0.3) is 0 Å². The van der Waals surface area contributed by atoms with Crippen LogP contribution in [-0.2, 0) is 0 Å². The minimum absolute atomic E-state index is 0.0245. The van der Waals surface area contributed by atoms with Crippen LogP contribution in [0.1, 0.15) is 49.5 Å². The van der Waals surface area contributed by atoms with Gasteiger partial charge in [0.05, 0.1) is 11.9 Å². The minimum atomic E-state index is 0.0245. The Labute approximate surface area is 109 Å². The first kappa shape index (κ1) is 13.1. The van der Waals surface area contributed by atoms with Gasteiger partial charge in [0.1, 0.15) is 5.69 Å². The van der Waals surface area contributed by atoms with Crippen molar-refractivity contribution in [3.05, 3.63) is 24.0 Å². The van der Waals surface area contributed by atoms with Gasteiger partial charge in [-0.3, -0.25) is 9.78 Å².